The third-order valence-corrected chi connectivity index (χ3v) is 5.57. The van der Waals surface area contributed by atoms with Crippen LogP contribution in [0.1, 0.15) is 27.0 Å². The van der Waals surface area contributed by atoms with E-state index in [4.69, 9.17) is 4.74 Å². The molecule has 0 bridgehead atoms. The van der Waals surface area contributed by atoms with E-state index in [1.807, 2.05) is 47.4 Å². The van der Waals surface area contributed by atoms with Gasteiger partial charge in [-0.3, -0.25) is 14.6 Å². The number of amides is 2. The van der Waals surface area contributed by atoms with Crippen molar-refractivity contribution >= 4 is 11.8 Å². The standard InChI is InChI=1S/C26H27N3O3/c1-20-5-2-6-22(15-20)19-32-24-9-3-8-23(17-24)26(31)29-13-11-28(12-14-29)25(30)16-21-7-4-10-27-18-21/h2-10,15,17-18H,11-14,16,19H2,1H3. The fourth-order valence-electron chi connectivity index (χ4n) is 3.82. The number of rotatable bonds is 6. The van der Waals surface area contributed by atoms with Gasteiger partial charge in [-0.1, -0.05) is 42.0 Å². The van der Waals surface area contributed by atoms with Gasteiger partial charge in [-0.25, -0.2) is 0 Å². The Morgan fingerprint density at radius 2 is 1.66 bits per heavy atom. The second-order valence-electron chi connectivity index (χ2n) is 8.02. The molecule has 2 amide bonds. The Balaban J connectivity index is 1.31. The van der Waals surface area contributed by atoms with Crippen LogP contribution in [0.15, 0.2) is 73.1 Å². The van der Waals surface area contributed by atoms with E-state index in [1.54, 1.807) is 23.4 Å². The Hall–Kier alpha value is -3.67. The van der Waals surface area contributed by atoms with Gasteiger partial charge in [0.15, 0.2) is 0 Å². The number of nitrogens with zero attached hydrogens (tertiary/aromatic N) is 3. The van der Waals surface area contributed by atoms with Crippen LogP contribution < -0.4 is 4.74 Å². The van der Waals surface area contributed by atoms with Crippen LogP contribution >= 0.6 is 0 Å². The molecule has 0 unspecified atom stereocenters. The van der Waals surface area contributed by atoms with Crippen molar-refractivity contribution in [3.8, 4) is 5.75 Å². The van der Waals surface area contributed by atoms with Crippen LogP contribution in [0.2, 0.25) is 0 Å². The van der Waals surface area contributed by atoms with Gasteiger partial charge < -0.3 is 14.5 Å². The first-order valence-electron chi connectivity index (χ1n) is 10.8. The summed E-state index contributed by atoms with van der Waals surface area (Å²) in [6, 6.07) is 19.2. The van der Waals surface area contributed by atoms with Gasteiger partial charge in [0.2, 0.25) is 5.91 Å². The van der Waals surface area contributed by atoms with Gasteiger partial charge in [0, 0.05) is 44.1 Å². The number of piperazine rings is 1. The van der Waals surface area contributed by atoms with Crippen molar-refractivity contribution in [3.05, 3.63) is 95.3 Å². The van der Waals surface area contributed by atoms with E-state index < -0.39 is 0 Å². The molecule has 4 rings (SSSR count). The van der Waals surface area contributed by atoms with Crippen molar-refractivity contribution in [2.24, 2.45) is 0 Å². The predicted molar refractivity (Wildman–Crippen MR) is 122 cm³/mol. The maximum Gasteiger partial charge on any atom is 0.254 e. The van der Waals surface area contributed by atoms with E-state index in [1.165, 1.54) is 5.56 Å². The summed E-state index contributed by atoms with van der Waals surface area (Å²) in [6.45, 7) is 4.62. The van der Waals surface area contributed by atoms with E-state index in [0.717, 1.165) is 11.1 Å². The van der Waals surface area contributed by atoms with Crippen LogP contribution in [0.5, 0.6) is 5.75 Å². The number of aryl methyl sites for hydroxylation is 1. The topological polar surface area (TPSA) is 62.7 Å². The van der Waals surface area contributed by atoms with Crippen LogP contribution in [-0.4, -0.2) is 52.8 Å². The first-order valence-corrected chi connectivity index (χ1v) is 10.8. The lowest BCUT2D eigenvalue weighted by molar-refractivity contribution is -0.131. The molecule has 6 heteroatoms. The third-order valence-electron chi connectivity index (χ3n) is 5.57. The Bertz CT molecular complexity index is 1080. The third kappa shape index (κ3) is 5.52. The number of hydrogen-bond acceptors (Lipinski definition) is 4. The second-order valence-corrected chi connectivity index (χ2v) is 8.02. The predicted octanol–water partition coefficient (Wildman–Crippen LogP) is 3.50. The second kappa shape index (κ2) is 10.1. The fraction of sp³-hybridized carbons (Fsp3) is 0.269. The van der Waals surface area contributed by atoms with E-state index in [9.17, 15) is 9.59 Å². The molecule has 32 heavy (non-hydrogen) atoms. The molecule has 1 aromatic heterocycles. The maximum atomic E-state index is 13.0. The quantitative estimate of drug-likeness (QED) is 0.602. The van der Waals surface area contributed by atoms with Crippen molar-refractivity contribution in [1.29, 1.82) is 0 Å². The van der Waals surface area contributed by atoms with Crippen LogP contribution in [-0.2, 0) is 17.8 Å². The van der Waals surface area contributed by atoms with Crippen LogP contribution in [0, 0.1) is 6.92 Å². The summed E-state index contributed by atoms with van der Waals surface area (Å²) < 4.78 is 5.90. The summed E-state index contributed by atoms with van der Waals surface area (Å²) in [7, 11) is 0. The Morgan fingerprint density at radius 1 is 0.906 bits per heavy atom. The zero-order chi connectivity index (χ0) is 22.3. The number of aromatic nitrogens is 1. The van der Waals surface area contributed by atoms with Gasteiger partial charge in [-0.05, 0) is 42.3 Å². The molecule has 3 aromatic rings. The maximum absolute atomic E-state index is 13.0. The highest BCUT2D eigenvalue weighted by molar-refractivity contribution is 5.94. The van der Waals surface area contributed by atoms with Crippen molar-refractivity contribution in [1.82, 2.24) is 14.8 Å². The number of hydrogen-bond donors (Lipinski definition) is 0. The van der Waals surface area contributed by atoms with Crippen molar-refractivity contribution < 1.29 is 14.3 Å². The van der Waals surface area contributed by atoms with Gasteiger partial charge >= 0.3 is 0 Å². The molecule has 164 valence electrons. The Morgan fingerprint density at radius 3 is 2.41 bits per heavy atom. The van der Waals surface area contributed by atoms with Crippen molar-refractivity contribution in [2.75, 3.05) is 26.2 Å². The molecular formula is C26H27N3O3. The summed E-state index contributed by atoms with van der Waals surface area (Å²) in [4.78, 5) is 33.2. The molecular weight excluding hydrogens is 402 g/mol. The summed E-state index contributed by atoms with van der Waals surface area (Å²) in [5, 5.41) is 0. The molecule has 0 aliphatic carbocycles. The van der Waals surface area contributed by atoms with Crippen molar-refractivity contribution in [2.45, 2.75) is 20.0 Å². The number of pyridine rings is 1. The van der Waals surface area contributed by atoms with Crippen molar-refractivity contribution in [3.63, 3.8) is 0 Å². The molecule has 2 aromatic carbocycles. The number of benzene rings is 2. The average molecular weight is 430 g/mol. The first-order chi connectivity index (χ1) is 15.6. The molecule has 0 radical (unpaired) electrons. The Labute approximate surface area is 188 Å². The molecule has 0 N–H and O–H groups in total. The molecule has 0 saturated carbocycles. The SMILES string of the molecule is Cc1cccc(COc2cccc(C(=O)N3CCN(C(=O)Cc4cccnc4)CC3)c2)c1. The zero-order valence-corrected chi connectivity index (χ0v) is 18.2. The number of ether oxygens (including phenoxy) is 1. The molecule has 1 aliphatic heterocycles. The summed E-state index contributed by atoms with van der Waals surface area (Å²) in [6.07, 6.45) is 3.74. The molecule has 2 heterocycles. The summed E-state index contributed by atoms with van der Waals surface area (Å²) >= 11 is 0. The minimum Gasteiger partial charge on any atom is -0.489 e. The fourth-order valence-corrected chi connectivity index (χ4v) is 3.82. The van der Waals surface area contributed by atoms with Gasteiger partial charge in [-0.15, -0.1) is 0 Å². The summed E-state index contributed by atoms with van der Waals surface area (Å²) in [5.74, 6) is 0.699. The van der Waals surface area contributed by atoms with E-state index in [2.05, 4.69) is 24.0 Å². The van der Waals surface area contributed by atoms with Gasteiger partial charge in [0.25, 0.3) is 5.91 Å². The first kappa shape index (κ1) is 21.6. The van der Waals surface area contributed by atoms with Crippen LogP contribution in [0.3, 0.4) is 0 Å². The van der Waals surface area contributed by atoms with Gasteiger partial charge in [0.05, 0.1) is 6.42 Å². The van der Waals surface area contributed by atoms with E-state index in [-0.39, 0.29) is 11.8 Å². The summed E-state index contributed by atoms with van der Waals surface area (Å²) in [5.41, 5.74) is 3.78. The lowest BCUT2D eigenvalue weighted by Gasteiger charge is -2.35. The highest BCUT2D eigenvalue weighted by Gasteiger charge is 2.25. The monoisotopic (exact) mass is 429 g/mol. The molecule has 0 atom stereocenters. The Kier molecular flexibility index (Phi) is 6.80. The minimum atomic E-state index is -0.0367. The minimum absolute atomic E-state index is 0.0367. The highest BCUT2D eigenvalue weighted by Crippen LogP contribution is 2.18. The molecule has 0 spiro atoms. The smallest absolute Gasteiger partial charge is 0.254 e. The van der Waals surface area contributed by atoms with Gasteiger partial charge in [-0.2, -0.15) is 0 Å². The lowest BCUT2D eigenvalue weighted by Crippen LogP contribution is -2.51. The van der Waals surface area contributed by atoms with Gasteiger partial charge in [0.1, 0.15) is 12.4 Å². The number of carbonyl (C=O) groups is 2. The normalized spacial score (nSPS) is 13.7. The number of carbonyl (C=O) groups excluding carboxylic acids is 2. The van der Waals surface area contributed by atoms with E-state index in [0.29, 0.717) is 50.5 Å². The van der Waals surface area contributed by atoms with Crippen LogP contribution in [0.25, 0.3) is 0 Å². The highest BCUT2D eigenvalue weighted by atomic mass is 16.5. The van der Waals surface area contributed by atoms with Crippen LogP contribution in [0.4, 0.5) is 0 Å². The molecule has 1 saturated heterocycles. The molecule has 6 nitrogen and oxygen atoms in total. The lowest BCUT2D eigenvalue weighted by atomic mass is 10.1. The largest absolute Gasteiger partial charge is 0.489 e. The average Bonchev–Trinajstić information content (AvgIpc) is 2.83. The van der Waals surface area contributed by atoms with E-state index >= 15 is 0 Å². The zero-order valence-electron chi connectivity index (χ0n) is 18.2. The molecule has 1 fully saturated rings. The molecule has 1 aliphatic rings.